The van der Waals surface area contributed by atoms with E-state index in [1.165, 1.54) is 0 Å². The molecule has 0 bridgehead atoms. The summed E-state index contributed by atoms with van der Waals surface area (Å²) >= 11 is 6.03. The molecule has 0 radical (unpaired) electrons. The van der Waals surface area contributed by atoms with E-state index in [2.05, 4.69) is 5.32 Å². The molecule has 0 aliphatic rings. The molecule has 0 fully saturated rings. The van der Waals surface area contributed by atoms with Gasteiger partial charge in [-0.3, -0.25) is 4.79 Å². The molecule has 4 aromatic rings. The number of nitrogens with one attached hydrogen (secondary N) is 1. The molecule has 0 saturated heterocycles. The van der Waals surface area contributed by atoms with Crippen molar-refractivity contribution < 1.29 is 23.5 Å². The number of hydrogen-bond acceptors (Lipinski definition) is 5. The average Bonchev–Trinajstić information content (AvgIpc) is 3.25. The Morgan fingerprint density at radius 2 is 1.77 bits per heavy atom. The van der Waals surface area contributed by atoms with Crippen molar-refractivity contribution in [2.75, 3.05) is 0 Å². The van der Waals surface area contributed by atoms with Gasteiger partial charge < -0.3 is 19.3 Å². The van der Waals surface area contributed by atoms with E-state index in [9.17, 15) is 19.5 Å². The van der Waals surface area contributed by atoms with Gasteiger partial charge in [0.2, 0.25) is 5.91 Å². The zero-order valence-corrected chi connectivity index (χ0v) is 20.7. The number of carbonyl (C=O) groups is 2. The molecule has 0 saturated carbocycles. The van der Waals surface area contributed by atoms with Crippen LogP contribution >= 0.6 is 11.6 Å². The van der Waals surface area contributed by atoms with Crippen LogP contribution in [0.1, 0.15) is 37.0 Å². The summed E-state index contributed by atoms with van der Waals surface area (Å²) in [5.41, 5.74) is 3.63. The van der Waals surface area contributed by atoms with Crippen molar-refractivity contribution in [3.63, 3.8) is 0 Å². The van der Waals surface area contributed by atoms with E-state index in [0.29, 0.717) is 39.1 Å². The number of carbonyl (C=O) groups excluding carboxylic acids is 1. The lowest BCUT2D eigenvalue weighted by atomic mass is 9.96. The summed E-state index contributed by atoms with van der Waals surface area (Å²) in [4.78, 5) is 37.1. The van der Waals surface area contributed by atoms with Gasteiger partial charge >= 0.3 is 11.6 Å². The number of rotatable bonds is 7. The van der Waals surface area contributed by atoms with E-state index in [0.717, 1.165) is 16.5 Å². The van der Waals surface area contributed by atoms with Crippen LogP contribution in [0.2, 0.25) is 5.02 Å². The van der Waals surface area contributed by atoms with Gasteiger partial charge in [0.1, 0.15) is 17.2 Å². The van der Waals surface area contributed by atoms with E-state index in [-0.39, 0.29) is 17.9 Å². The summed E-state index contributed by atoms with van der Waals surface area (Å²) in [5.74, 6) is -1.91. The second-order valence-electron chi connectivity index (χ2n) is 8.85. The SMILES string of the molecule is CC[C@@H](C)[C@H](NC(=O)Cc1c(C)c2cc3c(-c4ccc(Cl)cc4)coc3c(C)c2oc1=O)C(=O)O. The molecule has 182 valence electrons. The minimum atomic E-state index is -1.11. The zero-order valence-electron chi connectivity index (χ0n) is 19.9. The predicted octanol–water partition coefficient (Wildman–Crippen LogP) is 5.63. The Kier molecular flexibility index (Phi) is 6.72. The Bertz CT molecular complexity index is 1500. The van der Waals surface area contributed by atoms with Crippen molar-refractivity contribution >= 4 is 45.4 Å². The highest BCUT2D eigenvalue weighted by atomic mass is 35.5. The van der Waals surface area contributed by atoms with Gasteiger partial charge in [-0.15, -0.1) is 0 Å². The van der Waals surface area contributed by atoms with Crippen LogP contribution in [-0.4, -0.2) is 23.0 Å². The average molecular weight is 496 g/mol. The predicted molar refractivity (Wildman–Crippen MR) is 135 cm³/mol. The fraction of sp³-hybridized carbons (Fsp3) is 0.296. The Morgan fingerprint density at radius 3 is 2.40 bits per heavy atom. The first-order valence-corrected chi connectivity index (χ1v) is 11.7. The summed E-state index contributed by atoms with van der Waals surface area (Å²) in [6.45, 7) is 7.19. The molecule has 8 heteroatoms. The molecule has 35 heavy (non-hydrogen) atoms. The van der Waals surface area contributed by atoms with Crippen molar-refractivity contribution in [2.45, 2.75) is 46.6 Å². The monoisotopic (exact) mass is 495 g/mol. The number of carboxylic acids is 1. The maximum Gasteiger partial charge on any atom is 0.340 e. The number of benzene rings is 2. The lowest BCUT2D eigenvalue weighted by Crippen LogP contribution is -2.45. The minimum absolute atomic E-state index is 0.193. The first-order valence-electron chi connectivity index (χ1n) is 11.4. The molecule has 2 atom stereocenters. The lowest BCUT2D eigenvalue weighted by molar-refractivity contribution is -0.143. The molecule has 2 aromatic heterocycles. The summed E-state index contributed by atoms with van der Waals surface area (Å²) < 4.78 is 11.5. The molecule has 0 aliphatic heterocycles. The lowest BCUT2D eigenvalue weighted by Gasteiger charge is -2.20. The second kappa shape index (κ2) is 9.58. The summed E-state index contributed by atoms with van der Waals surface area (Å²) in [7, 11) is 0. The first kappa shape index (κ1) is 24.5. The van der Waals surface area contributed by atoms with Crippen LogP contribution in [-0.2, 0) is 16.0 Å². The van der Waals surface area contributed by atoms with E-state index < -0.39 is 23.5 Å². The Labute approximate surface area is 206 Å². The van der Waals surface area contributed by atoms with Crippen LogP contribution in [0.3, 0.4) is 0 Å². The van der Waals surface area contributed by atoms with Crippen LogP contribution in [0.15, 0.2) is 50.2 Å². The second-order valence-corrected chi connectivity index (χ2v) is 9.29. The first-order chi connectivity index (χ1) is 16.6. The largest absolute Gasteiger partial charge is 0.480 e. The summed E-state index contributed by atoms with van der Waals surface area (Å²) in [5, 5.41) is 14.2. The molecule has 0 spiro atoms. The van der Waals surface area contributed by atoms with Crippen LogP contribution < -0.4 is 10.9 Å². The Balaban J connectivity index is 1.79. The van der Waals surface area contributed by atoms with Gasteiger partial charge in [-0.2, -0.15) is 0 Å². The molecule has 0 aliphatic carbocycles. The number of furan rings is 1. The quantitative estimate of drug-likeness (QED) is 0.321. The van der Waals surface area contributed by atoms with Crippen LogP contribution in [0.5, 0.6) is 0 Å². The van der Waals surface area contributed by atoms with Crippen LogP contribution in [0, 0.1) is 19.8 Å². The normalized spacial score (nSPS) is 13.2. The molecule has 4 rings (SSSR count). The number of fused-ring (bicyclic) bond motifs is 2. The van der Waals surface area contributed by atoms with Gasteiger partial charge in [0, 0.05) is 26.9 Å². The Morgan fingerprint density at radius 1 is 1.09 bits per heavy atom. The minimum Gasteiger partial charge on any atom is -0.480 e. The third-order valence-electron chi connectivity index (χ3n) is 6.63. The maximum absolute atomic E-state index is 12.8. The van der Waals surface area contributed by atoms with E-state index >= 15 is 0 Å². The number of aliphatic carboxylic acids is 1. The molecule has 2 heterocycles. The number of carboxylic acid groups (broad SMARTS) is 1. The third kappa shape index (κ3) is 4.56. The number of halogens is 1. The third-order valence-corrected chi connectivity index (χ3v) is 6.88. The van der Waals surface area contributed by atoms with Crippen molar-refractivity contribution in [3.05, 3.63) is 68.7 Å². The highest BCUT2D eigenvalue weighted by Crippen LogP contribution is 2.37. The van der Waals surface area contributed by atoms with Gasteiger partial charge in [-0.1, -0.05) is 44.0 Å². The standard InChI is InChI=1S/C27H26ClNO6/c1-5-13(2)23(26(31)32)29-22(30)11-19-14(3)18-10-20-21(16-6-8-17(28)9-7-16)12-34-24(20)15(4)25(18)35-27(19)33/h6-10,12-13,23H,5,11H2,1-4H3,(H,29,30)(H,31,32)/t13-,23+/m1/s1. The van der Waals surface area contributed by atoms with E-state index in [1.54, 1.807) is 32.2 Å². The van der Waals surface area contributed by atoms with Crippen LogP contribution in [0.25, 0.3) is 33.1 Å². The highest BCUT2D eigenvalue weighted by Gasteiger charge is 2.26. The molecule has 0 unspecified atom stereocenters. The molecule has 7 nitrogen and oxygen atoms in total. The van der Waals surface area contributed by atoms with Gasteiger partial charge in [0.05, 0.1) is 18.2 Å². The summed E-state index contributed by atoms with van der Waals surface area (Å²) in [6.07, 6.45) is 1.96. The topological polar surface area (TPSA) is 110 Å². The van der Waals surface area contributed by atoms with Crippen molar-refractivity contribution in [2.24, 2.45) is 5.92 Å². The fourth-order valence-electron chi connectivity index (χ4n) is 4.32. The van der Waals surface area contributed by atoms with Gasteiger partial charge in [0.15, 0.2) is 0 Å². The highest BCUT2D eigenvalue weighted by molar-refractivity contribution is 6.30. The fourth-order valence-corrected chi connectivity index (χ4v) is 4.45. The summed E-state index contributed by atoms with van der Waals surface area (Å²) in [6, 6.07) is 8.26. The van der Waals surface area contributed by atoms with E-state index in [1.807, 2.05) is 32.0 Å². The molecule has 2 N–H and O–H groups in total. The number of amides is 1. The van der Waals surface area contributed by atoms with Crippen molar-refractivity contribution in [1.29, 1.82) is 0 Å². The van der Waals surface area contributed by atoms with Gasteiger partial charge in [-0.25, -0.2) is 9.59 Å². The van der Waals surface area contributed by atoms with E-state index in [4.69, 9.17) is 20.4 Å². The van der Waals surface area contributed by atoms with Crippen molar-refractivity contribution in [3.8, 4) is 11.1 Å². The molecule has 2 aromatic carbocycles. The number of hydrogen-bond donors (Lipinski definition) is 2. The van der Waals surface area contributed by atoms with Crippen LogP contribution in [0.4, 0.5) is 0 Å². The molecule has 1 amide bonds. The molecular weight excluding hydrogens is 470 g/mol. The molecular formula is C27H26ClNO6. The Hall–Kier alpha value is -3.58. The van der Waals surface area contributed by atoms with Gasteiger partial charge in [-0.05, 0) is 49.1 Å². The zero-order chi connectivity index (χ0) is 25.4. The number of aryl methyl sites for hydroxylation is 2. The van der Waals surface area contributed by atoms with Gasteiger partial charge in [0.25, 0.3) is 0 Å². The smallest absolute Gasteiger partial charge is 0.340 e. The van der Waals surface area contributed by atoms with Crippen molar-refractivity contribution in [1.82, 2.24) is 5.32 Å². The maximum atomic E-state index is 12.8.